The number of nitrogens with zero attached hydrogens (tertiary/aromatic N) is 2. The summed E-state index contributed by atoms with van der Waals surface area (Å²) in [7, 11) is 0. The molecule has 3 aliphatic rings. The molecule has 3 heterocycles. The number of phenols is 1. The standard InChI is InChI=1S/C22H32N2O4/c25-15-18-2-1-9-24(18)14-20-13-22(16-28-20)7-10-23(11-8-22)21(27)12-17-3-5-19(26)6-4-17/h3-6,18,20,25-26H,1-2,7-16H2/t18-,20?/m0/s1. The fourth-order valence-corrected chi connectivity index (χ4v) is 5.10. The van der Waals surface area contributed by atoms with Crippen LogP contribution in [0.5, 0.6) is 5.75 Å². The second kappa shape index (κ2) is 8.39. The number of ether oxygens (including phenoxy) is 1. The zero-order chi connectivity index (χ0) is 19.6. The molecule has 3 saturated heterocycles. The quantitative estimate of drug-likeness (QED) is 0.805. The number of carbonyl (C=O) groups excluding carboxylic acids is 1. The Morgan fingerprint density at radius 1 is 1.18 bits per heavy atom. The lowest BCUT2D eigenvalue weighted by atomic mass is 9.76. The number of hydrogen-bond acceptors (Lipinski definition) is 5. The third-order valence-corrected chi connectivity index (χ3v) is 6.90. The highest BCUT2D eigenvalue weighted by atomic mass is 16.5. The molecule has 0 aliphatic carbocycles. The Labute approximate surface area is 167 Å². The highest BCUT2D eigenvalue weighted by molar-refractivity contribution is 5.78. The van der Waals surface area contributed by atoms with Gasteiger partial charge in [-0.3, -0.25) is 9.69 Å². The molecule has 3 aliphatic heterocycles. The zero-order valence-electron chi connectivity index (χ0n) is 16.6. The van der Waals surface area contributed by atoms with Crippen molar-refractivity contribution in [1.29, 1.82) is 0 Å². The summed E-state index contributed by atoms with van der Waals surface area (Å²) in [5.41, 5.74) is 1.16. The Morgan fingerprint density at radius 2 is 1.93 bits per heavy atom. The number of aliphatic hydroxyl groups is 1. The molecule has 2 atom stereocenters. The van der Waals surface area contributed by atoms with Crippen LogP contribution in [-0.4, -0.2) is 77.5 Å². The fraction of sp³-hybridized carbons (Fsp3) is 0.682. The first-order chi connectivity index (χ1) is 13.6. The van der Waals surface area contributed by atoms with Crippen LogP contribution >= 0.6 is 0 Å². The van der Waals surface area contributed by atoms with Crippen molar-refractivity contribution in [3.05, 3.63) is 29.8 Å². The molecule has 1 unspecified atom stereocenters. The van der Waals surface area contributed by atoms with Gasteiger partial charge >= 0.3 is 0 Å². The molecule has 0 radical (unpaired) electrons. The number of aromatic hydroxyl groups is 1. The molecule has 0 saturated carbocycles. The monoisotopic (exact) mass is 388 g/mol. The van der Waals surface area contributed by atoms with Gasteiger partial charge in [-0.1, -0.05) is 12.1 Å². The second-order valence-corrected chi connectivity index (χ2v) is 8.83. The number of phenolic OH excluding ortho intramolecular Hbond substituents is 1. The van der Waals surface area contributed by atoms with E-state index in [0.29, 0.717) is 12.5 Å². The molecule has 1 amide bonds. The van der Waals surface area contributed by atoms with E-state index in [1.165, 1.54) is 6.42 Å². The van der Waals surface area contributed by atoms with Crippen LogP contribution in [0.4, 0.5) is 0 Å². The predicted octanol–water partition coefficient (Wildman–Crippen LogP) is 1.79. The van der Waals surface area contributed by atoms with Crippen LogP contribution in [0.1, 0.15) is 37.7 Å². The topological polar surface area (TPSA) is 73.2 Å². The Hall–Kier alpha value is -1.63. The maximum absolute atomic E-state index is 12.6. The van der Waals surface area contributed by atoms with E-state index >= 15 is 0 Å². The number of benzene rings is 1. The molecule has 28 heavy (non-hydrogen) atoms. The molecule has 1 spiro atoms. The minimum Gasteiger partial charge on any atom is -0.508 e. The van der Waals surface area contributed by atoms with Gasteiger partial charge in [-0.2, -0.15) is 0 Å². The highest BCUT2D eigenvalue weighted by Crippen LogP contribution is 2.42. The Balaban J connectivity index is 1.25. The number of rotatable bonds is 5. The normalized spacial score (nSPS) is 27.5. The summed E-state index contributed by atoms with van der Waals surface area (Å²) in [4.78, 5) is 17.0. The molecule has 3 fully saturated rings. The molecule has 6 heteroatoms. The van der Waals surface area contributed by atoms with Crippen LogP contribution in [0.15, 0.2) is 24.3 Å². The molecule has 2 N–H and O–H groups in total. The summed E-state index contributed by atoms with van der Waals surface area (Å²) in [6, 6.07) is 7.19. The summed E-state index contributed by atoms with van der Waals surface area (Å²) in [5.74, 6) is 0.394. The largest absolute Gasteiger partial charge is 0.508 e. The van der Waals surface area contributed by atoms with Crippen molar-refractivity contribution in [2.75, 3.05) is 39.4 Å². The molecule has 0 bridgehead atoms. The number of hydrogen-bond donors (Lipinski definition) is 2. The number of carbonyl (C=O) groups is 1. The van der Waals surface area contributed by atoms with E-state index in [2.05, 4.69) is 4.90 Å². The van der Waals surface area contributed by atoms with E-state index in [1.807, 2.05) is 17.0 Å². The third-order valence-electron chi connectivity index (χ3n) is 6.90. The van der Waals surface area contributed by atoms with Gasteiger partial charge in [0.1, 0.15) is 5.75 Å². The summed E-state index contributed by atoms with van der Waals surface area (Å²) < 4.78 is 6.15. The number of aliphatic hydroxyl groups excluding tert-OH is 1. The van der Waals surface area contributed by atoms with Gasteiger partial charge in [-0.05, 0) is 61.8 Å². The molecule has 0 aromatic heterocycles. The maximum atomic E-state index is 12.6. The minimum absolute atomic E-state index is 0.166. The van der Waals surface area contributed by atoms with E-state index in [-0.39, 0.29) is 29.8 Å². The van der Waals surface area contributed by atoms with E-state index in [4.69, 9.17) is 4.74 Å². The molecule has 4 rings (SSSR count). The average Bonchev–Trinajstić information content (AvgIpc) is 3.31. The molecular formula is C22H32N2O4. The van der Waals surface area contributed by atoms with Crippen molar-refractivity contribution in [1.82, 2.24) is 9.80 Å². The fourth-order valence-electron chi connectivity index (χ4n) is 5.10. The molecule has 1 aromatic carbocycles. The van der Waals surface area contributed by atoms with E-state index in [9.17, 15) is 15.0 Å². The lowest BCUT2D eigenvalue weighted by Gasteiger charge is -2.38. The van der Waals surface area contributed by atoms with E-state index < -0.39 is 0 Å². The SMILES string of the molecule is O=C(Cc1ccc(O)cc1)N1CCC2(CC1)COC(CN1CCC[C@H]1CO)C2. The van der Waals surface area contributed by atoms with Gasteiger partial charge in [-0.15, -0.1) is 0 Å². The van der Waals surface area contributed by atoms with Crippen LogP contribution < -0.4 is 0 Å². The second-order valence-electron chi connectivity index (χ2n) is 8.83. The van der Waals surface area contributed by atoms with Crippen LogP contribution in [0.2, 0.25) is 0 Å². The maximum Gasteiger partial charge on any atom is 0.226 e. The summed E-state index contributed by atoms with van der Waals surface area (Å²) in [6.07, 6.45) is 5.99. The van der Waals surface area contributed by atoms with Gasteiger partial charge in [-0.25, -0.2) is 0 Å². The van der Waals surface area contributed by atoms with E-state index in [0.717, 1.165) is 64.0 Å². The highest BCUT2D eigenvalue weighted by Gasteiger charge is 2.44. The van der Waals surface area contributed by atoms with Gasteiger partial charge in [0.2, 0.25) is 5.91 Å². The van der Waals surface area contributed by atoms with Crippen molar-refractivity contribution in [3.8, 4) is 5.75 Å². The first-order valence-corrected chi connectivity index (χ1v) is 10.6. The first-order valence-electron chi connectivity index (χ1n) is 10.6. The van der Waals surface area contributed by atoms with Crippen molar-refractivity contribution in [2.45, 2.75) is 50.7 Å². The Morgan fingerprint density at radius 3 is 2.64 bits per heavy atom. The zero-order valence-corrected chi connectivity index (χ0v) is 16.6. The average molecular weight is 389 g/mol. The van der Waals surface area contributed by atoms with Crippen molar-refractivity contribution < 1.29 is 19.7 Å². The number of likely N-dealkylation sites (tertiary alicyclic amines) is 2. The Bertz CT molecular complexity index is 670. The van der Waals surface area contributed by atoms with Gasteiger partial charge < -0.3 is 19.8 Å². The summed E-state index contributed by atoms with van der Waals surface area (Å²) in [6.45, 7) is 4.64. The third kappa shape index (κ3) is 4.34. The van der Waals surface area contributed by atoms with Crippen molar-refractivity contribution in [2.24, 2.45) is 5.41 Å². The van der Waals surface area contributed by atoms with Crippen LogP contribution in [0, 0.1) is 5.41 Å². The van der Waals surface area contributed by atoms with E-state index in [1.54, 1.807) is 12.1 Å². The van der Waals surface area contributed by atoms with Crippen molar-refractivity contribution >= 4 is 5.91 Å². The number of piperidine rings is 1. The summed E-state index contributed by atoms with van der Waals surface area (Å²) >= 11 is 0. The van der Waals surface area contributed by atoms with Crippen LogP contribution in [0.3, 0.4) is 0 Å². The lowest BCUT2D eigenvalue weighted by molar-refractivity contribution is -0.132. The van der Waals surface area contributed by atoms with Gasteiger partial charge in [0.25, 0.3) is 0 Å². The Kier molecular flexibility index (Phi) is 5.90. The van der Waals surface area contributed by atoms with Gasteiger partial charge in [0, 0.05) is 25.7 Å². The van der Waals surface area contributed by atoms with Crippen LogP contribution in [-0.2, 0) is 16.0 Å². The lowest BCUT2D eigenvalue weighted by Crippen LogP contribution is -2.44. The minimum atomic E-state index is 0.166. The first kappa shape index (κ1) is 19.7. The van der Waals surface area contributed by atoms with Gasteiger partial charge in [0.05, 0.1) is 25.7 Å². The molecule has 1 aromatic rings. The molecule has 6 nitrogen and oxygen atoms in total. The van der Waals surface area contributed by atoms with Gasteiger partial charge in [0.15, 0.2) is 0 Å². The molecule has 154 valence electrons. The molecular weight excluding hydrogens is 356 g/mol. The van der Waals surface area contributed by atoms with Crippen LogP contribution in [0.25, 0.3) is 0 Å². The number of amides is 1. The summed E-state index contributed by atoms with van der Waals surface area (Å²) in [5, 5.41) is 18.9. The van der Waals surface area contributed by atoms with Crippen molar-refractivity contribution in [3.63, 3.8) is 0 Å². The smallest absolute Gasteiger partial charge is 0.226 e. The predicted molar refractivity (Wildman–Crippen MR) is 106 cm³/mol.